The number of benzene rings is 2. The average molecular weight is 383 g/mol. The lowest BCUT2D eigenvalue weighted by atomic mass is 10.0. The molecule has 1 amide bonds. The van der Waals surface area contributed by atoms with Crippen LogP contribution in [0.15, 0.2) is 54.6 Å². The van der Waals surface area contributed by atoms with E-state index in [9.17, 15) is 4.79 Å². The van der Waals surface area contributed by atoms with Crippen molar-refractivity contribution >= 4 is 5.91 Å². The largest absolute Gasteiger partial charge is 0.494 e. The molecule has 5 heteroatoms. The van der Waals surface area contributed by atoms with Gasteiger partial charge in [-0.2, -0.15) is 0 Å². The van der Waals surface area contributed by atoms with Gasteiger partial charge in [0.05, 0.1) is 6.61 Å². The second kappa shape index (κ2) is 10.7. The summed E-state index contributed by atoms with van der Waals surface area (Å²) in [6, 6.07) is 18.1. The molecule has 2 aromatic rings. The molecule has 0 radical (unpaired) electrons. The molecule has 1 fully saturated rings. The molecule has 1 aliphatic heterocycles. The van der Waals surface area contributed by atoms with E-state index in [4.69, 9.17) is 9.47 Å². The van der Waals surface area contributed by atoms with Gasteiger partial charge in [-0.25, -0.2) is 0 Å². The third kappa shape index (κ3) is 6.57. The summed E-state index contributed by atoms with van der Waals surface area (Å²) in [5, 5.41) is 3.10. The van der Waals surface area contributed by atoms with E-state index in [0.29, 0.717) is 12.4 Å². The zero-order chi connectivity index (χ0) is 19.6. The first-order valence-electron chi connectivity index (χ1n) is 10.1. The van der Waals surface area contributed by atoms with Gasteiger partial charge in [0.25, 0.3) is 5.91 Å². The Hall–Kier alpha value is -2.53. The van der Waals surface area contributed by atoms with E-state index < -0.39 is 0 Å². The maximum absolute atomic E-state index is 12.2. The van der Waals surface area contributed by atoms with Crippen molar-refractivity contribution in [2.45, 2.75) is 38.8 Å². The van der Waals surface area contributed by atoms with Crippen LogP contribution in [0.5, 0.6) is 11.5 Å². The maximum Gasteiger partial charge on any atom is 0.258 e. The van der Waals surface area contributed by atoms with E-state index in [1.54, 1.807) is 0 Å². The van der Waals surface area contributed by atoms with Crippen molar-refractivity contribution in [3.05, 3.63) is 60.2 Å². The Morgan fingerprint density at radius 1 is 1.00 bits per heavy atom. The van der Waals surface area contributed by atoms with Crippen LogP contribution in [0, 0.1) is 0 Å². The van der Waals surface area contributed by atoms with Gasteiger partial charge < -0.3 is 14.8 Å². The molecule has 0 atom stereocenters. The summed E-state index contributed by atoms with van der Waals surface area (Å²) >= 11 is 0. The molecular formula is C23H30N2O3. The Kier molecular flexibility index (Phi) is 7.73. The summed E-state index contributed by atoms with van der Waals surface area (Å²) in [6.45, 7) is 5.79. The van der Waals surface area contributed by atoms with Crippen LogP contribution in [0.4, 0.5) is 0 Å². The molecule has 1 saturated heterocycles. The van der Waals surface area contributed by atoms with Gasteiger partial charge in [0, 0.05) is 25.7 Å². The minimum absolute atomic E-state index is 0.0411. The Labute approximate surface area is 167 Å². The Bertz CT molecular complexity index is 710. The predicted octanol–water partition coefficient (Wildman–Crippen LogP) is 3.64. The summed E-state index contributed by atoms with van der Waals surface area (Å²) in [5.41, 5.74) is 1.34. The third-order valence-corrected chi connectivity index (χ3v) is 4.87. The molecular weight excluding hydrogens is 352 g/mol. The highest BCUT2D eigenvalue weighted by Crippen LogP contribution is 2.18. The first kappa shape index (κ1) is 20.2. The quantitative estimate of drug-likeness (QED) is 0.719. The van der Waals surface area contributed by atoms with E-state index in [0.717, 1.165) is 44.6 Å². The number of likely N-dealkylation sites (tertiary alicyclic amines) is 1. The molecule has 0 bridgehead atoms. The van der Waals surface area contributed by atoms with Crippen molar-refractivity contribution in [3.63, 3.8) is 0 Å². The molecule has 1 aliphatic rings. The van der Waals surface area contributed by atoms with Gasteiger partial charge in [0.2, 0.25) is 0 Å². The number of rotatable bonds is 9. The zero-order valence-electron chi connectivity index (χ0n) is 16.6. The number of hydrogen-bond donors (Lipinski definition) is 1. The van der Waals surface area contributed by atoms with Crippen molar-refractivity contribution in [2.75, 3.05) is 26.3 Å². The van der Waals surface area contributed by atoms with Crippen molar-refractivity contribution in [1.29, 1.82) is 0 Å². The zero-order valence-corrected chi connectivity index (χ0v) is 16.6. The lowest BCUT2D eigenvalue weighted by molar-refractivity contribution is -0.124. The van der Waals surface area contributed by atoms with E-state index in [-0.39, 0.29) is 18.6 Å². The van der Waals surface area contributed by atoms with Crippen molar-refractivity contribution < 1.29 is 14.3 Å². The normalized spacial score (nSPS) is 15.2. The summed E-state index contributed by atoms with van der Waals surface area (Å²) in [6.07, 6.45) is 2.92. The molecule has 0 unspecified atom stereocenters. The first-order valence-corrected chi connectivity index (χ1v) is 10.1. The van der Waals surface area contributed by atoms with Crippen LogP contribution in [-0.2, 0) is 11.3 Å². The molecule has 0 saturated carbocycles. The predicted molar refractivity (Wildman–Crippen MR) is 111 cm³/mol. The van der Waals surface area contributed by atoms with Crippen molar-refractivity contribution in [3.8, 4) is 11.5 Å². The average Bonchev–Trinajstić information content (AvgIpc) is 2.74. The Morgan fingerprint density at radius 3 is 2.29 bits per heavy atom. The number of carbonyl (C=O) groups excluding carboxylic acids is 1. The number of nitrogens with one attached hydrogen (secondary N) is 1. The molecule has 5 nitrogen and oxygen atoms in total. The first-order chi connectivity index (χ1) is 13.7. The summed E-state index contributed by atoms with van der Waals surface area (Å²) in [5.74, 6) is 1.44. The van der Waals surface area contributed by atoms with Gasteiger partial charge in [0.15, 0.2) is 6.61 Å². The highest BCUT2D eigenvalue weighted by Gasteiger charge is 2.20. The van der Waals surface area contributed by atoms with Crippen LogP contribution >= 0.6 is 0 Å². The van der Waals surface area contributed by atoms with Gasteiger partial charge in [0.1, 0.15) is 11.5 Å². The molecule has 150 valence electrons. The van der Waals surface area contributed by atoms with E-state index in [1.807, 2.05) is 30.3 Å². The number of piperidine rings is 1. The van der Waals surface area contributed by atoms with Crippen LogP contribution in [0.1, 0.15) is 31.7 Å². The SMILES string of the molecule is CCCOc1ccc(OCC(=O)NC2CCN(Cc3ccccc3)CC2)cc1. The summed E-state index contributed by atoms with van der Waals surface area (Å²) in [4.78, 5) is 14.6. The highest BCUT2D eigenvalue weighted by atomic mass is 16.5. The molecule has 28 heavy (non-hydrogen) atoms. The lowest BCUT2D eigenvalue weighted by Gasteiger charge is -2.32. The standard InChI is InChI=1S/C23H30N2O3/c1-2-16-27-21-8-10-22(11-9-21)28-18-23(26)24-20-12-14-25(15-13-20)17-19-6-4-3-5-7-19/h3-11,20H,2,12-18H2,1H3,(H,24,26). The number of ether oxygens (including phenoxy) is 2. The fourth-order valence-electron chi connectivity index (χ4n) is 3.35. The van der Waals surface area contributed by atoms with Gasteiger partial charge in [-0.15, -0.1) is 0 Å². The minimum atomic E-state index is -0.0622. The van der Waals surface area contributed by atoms with Crippen LogP contribution in [-0.4, -0.2) is 43.2 Å². The Morgan fingerprint density at radius 2 is 1.64 bits per heavy atom. The monoisotopic (exact) mass is 382 g/mol. The molecule has 0 aromatic heterocycles. The number of amides is 1. The fourth-order valence-corrected chi connectivity index (χ4v) is 3.35. The molecule has 0 spiro atoms. The topological polar surface area (TPSA) is 50.8 Å². The Balaban J connectivity index is 1.34. The number of hydrogen-bond acceptors (Lipinski definition) is 4. The summed E-state index contributed by atoms with van der Waals surface area (Å²) < 4.78 is 11.1. The van der Waals surface area contributed by atoms with Crippen LogP contribution in [0.3, 0.4) is 0 Å². The number of nitrogens with zero attached hydrogens (tertiary/aromatic N) is 1. The van der Waals surface area contributed by atoms with Crippen LogP contribution in [0.2, 0.25) is 0 Å². The number of carbonyl (C=O) groups is 1. The second-order valence-corrected chi connectivity index (χ2v) is 7.21. The molecule has 0 aliphatic carbocycles. The van der Waals surface area contributed by atoms with E-state index >= 15 is 0 Å². The highest BCUT2D eigenvalue weighted by molar-refractivity contribution is 5.77. The van der Waals surface area contributed by atoms with Gasteiger partial charge in [-0.1, -0.05) is 37.3 Å². The molecule has 3 rings (SSSR count). The van der Waals surface area contributed by atoms with E-state index in [2.05, 4.69) is 41.4 Å². The van der Waals surface area contributed by atoms with Gasteiger partial charge >= 0.3 is 0 Å². The van der Waals surface area contributed by atoms with Crippen LogP contribution < -0.4 is 14.8 Å². The molecule has 2 aromatic carbocycles. The third-order valence-electron chi connectivity index (χ3n) is 4.87. The minimum Gasteiger partial charge on any atom is -0.494 e. The molecule has 1 N–H and O–H groups in total. The van der Waals surface area contributed by atoms with Crippen molar-refractivity contribution in [1.82, 2.24) is 10.2 Å². The van der Waals surface area contributed by atoms with Gasteiger partial charge in [-0.3, -0.25) is 9.69 Å². The summed E-state index contributed by atoms with van der Waals surface area (Å²) in [7, 11) is 0. The van der Waals surface area contributed by atoms with Crippen molar-refractivity contribution in [2.24, 2.45) is 0 Å². The van der Waals surface area contributed by atoms with E-state index in [1.165, 1.54) is 5.56 Å². The van der Waals surface area contributed by atoms with Crippen LogP contribution in [0.25, 0.3) is 0 Å². The lowest BCUT2D eigenvalue weighted by Crippen LogP contribution is -2.45. The smallest absolute Gasteiger partial charge is 0.258 e. The fraction of sp³-hybridized carbons (Fsp3) is 0.435. The molecule has 1 heterocycles. The maximum atomic E-state index is 12.2. The second-order valence-electron chi connectivity index (χ2n) is 7.21. The van der Waals surface area contributed by atoms with Gasteiger partial charge in [-0.05, 0) is 49.1 Å².